The monoisotopic (exact) mass is 444 g/mol. The Morgan fingerprint density at radius 2 is 1.96 bits per heavy atom. The molecule has 0 radical (unpaired) electrons. The summed E-state index contributed by atoms with van der Waals surface area (Å²) < 4.78 is 0. The fourth-order valence-electron chi connectivity index (χ4n) is 2.97. The van der Waals surface area contributed by atoms with Gasteiger partial charge in [-0.3, -0.25) is 9.79 Å². The first kappa shape index (κ1) is 20.7. The van der Waals surface area contributed by atoms with Crippen molar-refractivity contribution in [3.8, 4) is 0 Å². The number of aliphatic imine (C=N–C) groups is 1. The Balaban J connectivity index is 0.00000288. The third kappa shape index (κ3) is 5.65. The van der Waals surface area contributed by atoms with Crippen molar-refractivity contribution in [2.45, 2.75) is 46.0 Å². The van der Waals surface area contributed by atoms with E-state index in [9.17, 15) is 4.79 Å². The van der Waals surface area contributed by atoms with E-state index in [-0.39, 0.29) is 29.9 Å². The molecule has 1 aromatic carbocycles. The third-order valence-electron chi connectivity index (χ3n) is 4.29. The Bertz CT molecular complexity index is 552. The summed E-state index contributed by atoms with van der Waals surface area (Å²) in [6, 6.07) is 6.32. The van der Waals surface area contributed by atoms with Gasteiger partial charge in [0.25, 0.3) is 0 Å². The molecular weight excluding hydrogens is 415 g/mol. The van der Waals surface area contributed by atoms with Crippen molar-refractivity contribution in [1.29, 1.82) is 0 Å². The number of anilines is 1. The SMILES string of the molecule is CCc1cccc(CC)c1NC(N)=NCCCN1CCCC1=O.I. The van der Waals surface area contributed by atoms with Crippen LogP contribution in [0.15, 0.2) is 23.2 Å². The van der Waals surface area contributed by atoms with Gasteiger partial charge in [-0.25, -0.2) is 0 Å². The Morgan fingerprint density at radius 1 is 1.29 bits per heavy atom. The number of amides is 1. The molecular formula is C18H29IN4O. The molecule has 5 nitrogen and oxygen atoms in total. The summed E-state index contributed by atoms with van der Waals surface area (Å²) in [6.45, 7) is 6.58. The van der Waals surface area contributed by atoms with Crippen LogP contribution in [0.25, 0.3) is 0 Å². The maximum Gasteiger partial charge on any atom is 0.222 e. The van der Waals surface area contributed by atoms with Crippen molar-refractivity contribution < 1.29 is 4.79 Å². The highest BCUT2D eigenvalue weighted by molar-refractivity contribution is 14.0. The maximum atomic E-state index is 11.5. The maximum absolute atomic E-state index is 11.5. The number of carbonyl (C=O) groups is 1. The molecule has 1 amide bonds. The molecule has 1 saturated heterocycles. The van der Waals surface area contributed by atoms with E-state index in [2.05, 4.69) is 42.4 Å². The van der Waals surface area contributed by atoms with E-state index in [0.29, 0.717) is 18.9 Å². The Labute approximate surface area is 162 Å². The number of para-hydroxylation sites is 1. The fourth-order valence-corrected chi connectivity index (χ4v) is 2.97. The number of rotatable bonds is 7. The van der Waals surface area contributed by atoms with Crippen LogP contribution in [-0.4, -0.2) is 36.4 Å². The standard InChI is InChI=1S/C18H28N4O.HI/c1-3-14-8-5-9-15(4-2)17(14)21-18(19)20-11-7-13-22-12-6-10-16(22)23;/h5,8-9H,3-4,6-7,10-13H2,1-2H3,(H3,19,20,21);1H. The number of benzene rings is 1. The van der Waals surface area contributed by atoms with E-state index >= 15 is 0 Å². The Morgan fingerprint density at radius 3 is 2.50 bits per heavy atom. The Hall–Kier alpha value is -1.31. The summed E-state index contributed by atoms with van der Waals surface area (Å²) >= 11 is 0. The number of nitrogens with one attached hydrogen (secondary N) is 1. The van der Waals surface area contributed by atoms with Crippen LogP contribution in [0.1, 0.15) is 44.2 Å². The number of carbonyl (C=O) groups excluding carboxylic acids is 1. The lowest BCUT2D eigenvalue weighted by Gasteiger charge is -2.16. The van der Waals surface area contributed by atoms with E-state index in [0.717, 1.165) is 44.5 Å². The molecule has 1 aromatic rings. The summed E-state index contributed by atoms with van der Waals surface area (Å²) in [4.78, 5) is 17.9. The molecule has 0 aliphatic carbocycles. The smallest absolute Gasteiger partial charge is 0.222 e. The molecule has 1 aliphatic rings. The molecule has 0 atom stereocenters. The van der Waals surface area contributed by atoms with Crippen LogP contribution in [0.4, 0.5) is 5.69 Å². The molecule has 0 aromatic heterocycles. The zero-order valence-corrected chi connectivity index (χ0v) is 17.0. The minimum absolute atomic E-state index is 0. The number of guanidine groups is 1. The average molecular weight is 444 g/mol. The molecule has 134 valence electrons. The molecule has 1 aliphatic heterocycles. The van der Waals surface area contributed by atoms with Crippen LogP contribution >= 0.6 is 24.0 Å². The van der Waals surface area contributed by atoms with Crippen LogP contribution in [0, 0.1) is 0 Å². The predicted octanol–water partition coefficient (Wildman–Crippen LogP) is 3.17. The number of halogens is 1. The molecule has 1 heterocycles. The van der Waals surface area contributed by atoms with Gasteiger partial charge < -0.3 is 16.0 Å². The van der Waals surface area contributed by atoms with Gasteiger partial charge in [0.2, 0.25) is 5.91 Å². The second-order valence-electron chi connectivity index (χ2n) is 5.89. The molecule has 1 fully saturated rings. The van der Waals surface area contributed by atoms with Gasteiger partial charge in [-0.15, -0.1) is 24.0 Å². The number of hydrogen-bond donors (Lipinski definition) is 2. The quantitative estimate of drug-likeness (QED) is 0.294. The first-order valence-electron chi connectivity index (χ1n) is 8.61. The lowest BCUT2D eigenvalue weighted by atomic mass is 10.0. The van der Waals surface area contributed by atoms with Crippen molar-refractivity contribution in [3.63, 3.8) is 0 Å². The molecule has 0 bridgehead atoms. The second-order valence-corrected chi connectivity index (χ2v) is 5.89. The van der Waals surface area contributed by atoms with Crippen molar-refractivity contribution >= 4 is 41.5 Å². The van der Waals surface area contributed by atoms with Crippen LogP contribution in [0.2, 0.25) is 0 Å². The first-order chi connectivity index (χ1) is 11.2. The van der Waals surface area contributed by atoms with Crippen molar-refractivity contribution in [1.82, 2.24) is 4.90 Å². The molecule has 24 heavy (non-hydrogen) atoms. The highest BCUT2D eigenvalue weighted by Crippen LogP contribution is 2.22. The van der Waals surface area contributed by atoms with Gasteiger partial charge >= 0.3 is 0 Å². The third-order valence-corrected chi connectivity index (χ3v) is 4.29. The van der Waals surface area contributed by atoms with Crippen molar-refractivity contribution in [3.05, 3.63) is 29.3 Å². The number of likely N-dealkylation sites (tertiary alicyclic amines) is 1. The van der Waals surface area contributed by atoms with E-state index in [1.165, 1.54) is 11.1 Å². The molecule has 0 spiro atoms. The lowest BCUT2D eigenvalue weighted by Crippen LogP contribution is -2.27. The van der Waals surface area contributed by atoms with Crippen LogP contribution in [0.3, 0.4) is 0 Å². The summed E-state index contributed by atoms with van der Waals surface area (Å²) in [5, 5.41) is 3.27. The van der Waals surface area contributed by atoms with Crippen LogP contribution in [0.5, 0.6) is 0 Å². The second kappa shape index (κ2) is 10.5. The van der Waals surface area contributed by atoms with Gasteiger partial charge in [-0.1, -0.05) is 32.0 Å². The number of hydrogen-bond acceptors (Lipinski definition) is 2. The van der Waals surface area contributed by atoms with Crippen LogP contribution < -0.4 is 11.1 Å². The summed E-state index contributed by atoms with van der Waals surface area (Å²) in [5.41, 5.74) is 9.63. The van der Waals surface area contributed by atoms with Gasteiger partial charge in [-0.2, -0.15) is 0 Å². The van der Waals surface area contributed by atoms with Gasteiger partial charge in [0.05, 0.1) is 0 Å². The molecule has 2 rings (SSSR count). The molecule has 6 heteroatoms. The fraction of sp³-hybridized carbons (Fsp3) is 0.556. The van der Waals surface area contributed by atoms with Gasteiger partial charge in [0.1, 0.15) is 0 Å². The minimum atomic E-state index is 0. The van der Waals surface area contributed by atoms with Crippen molar-refractivity contribution in [2.75, 3.05) is 25.0 Å². The zero-order valence-electron chi connectivity index (χ0n) is 14.7. The molecule has 3 N–H and O–H groups in total. The van der Waals surface area contributed by atoms with Gasteiger partial charge in [-0.05, 0) is 36.8 Å². The first-order valence-corrected chi connectivity index (χ1v) is 8.61. The van der Waals surface area contributed by atoms with E-state index in [1.807, 2.05) is 4.90 Å². The lowest BCUT2D eigenvalue weighted by molar-refractivity contribution is -0.127. The molecule has 0 saturated carbocycles. The van der Waals surface area contributed by atoms with Gasteiger partial charge in [0, 0.05) is 31.7 Å². The van der Waals surface area contributed by atoms with E-state index in [1.54, 1.807) is 0 Å². The van der Waals surface area contributed by atoms with Crippen LogP contribution in [-0.2, 0) is 17.6 Å². The summed E-state index contributed by atoms with van der Waals surface area (Å²) in [6.07, 6.45) is 4.45. The highest BCUT2D eigenvalue weighted by atomic mass is 127. The summed E-state index contributed by atoms with van der Waals surface area (Å²) in [5.74, 6) is 0.720. The van der Waals surface area contributed by atoms with Gasteiger partial charge in [0.15, 0.2) is 5.96 Å². The van der Waals surface area contributed by atoms with E-state index < -0.39 is 0 Å². The molecule has 0 unspecified atom stereocenters. The number of nitrogens with two attached hydrogens (primary N) is 1. The average Bonchev–Trinajstić information content (AvgIpc) is 2.97. The number of aryl methyl sites for hydroxylation is 2. The van der Waals surface area contributed by atoms with Crippen molar-refractivity contribution in [2.24, 2.45) is 10.7 Å². The summed E-state index contributed by atoms with van der Waals surface area (Å²) in [7, 11) is 0. The zero-order chi connectivity index (χ0) is 16.7. The number of nitrogens with zero attached hydrogens (tertiary/aromatic N) is 2. The largest absolute Gasteiger partial charge is 0.370 e. The normalized spacial score (nSPS) is 14.7. The van der Waals surface area contributed by atoms with E-state index in [4.69, 9.17) is 5.73 Å². The minimum Gasteiger partial charge on any atom is -0.370 e. The predicted molar refractivity (Wildman–Crippen MR) is 111 cm³/mol. The highest BCUT2D eigenvalue weighted by Gasteiger charge is 2.18. The Kier molecular flexibility index (Phi) is 9.10. The topological polar surface area (TPSA) is 70.7 Å².